The molecule has 0 radical (unpaired) electrons. The smallest absolute Gasteiger partial charge is 0.261 e. The van der Waals surface area contributed by atoms with E-state index < -0.39 is 6.10 Å². The van der Waals surface area contributed by atoms with Crippen molar-refractivity contribution in [2.45, 2.75) is 32.9 Å². The number of hydrogen-bond acceptors (Lipinski definition) is 7. The topological polar surface area (TPSA) is 87.1 Å². The Morgan fingerprint density at radius 1 is 1.40 bits per heavy atom. The molecule has 3 aromatic rings. The van der Waals surface area contributed by atoms with Crippen LogP contribution < -0.4 is 10.6 Å². The second-order valence-corrected chi connectivity index (χ2v) is 7.69. The molecule has 3 N–H and O–H groups in total. The fraction of sp³-hybridized carbons (Fsp3) is 0.353. The molecule has 0 saturated heterocycles. The number of nitrogens with zero attached hydrogens (tertiary/aromatic N) is 2. The maximum atomic E-state index is 12.4. The van der Waals surface area contributed by atoms with Gasteiger partial charge in [0.15, 0.2) is 0 Å². The summed E-state index contributed by atoms with van der Waals surface area (Å²) in [6.07, 6.45) is 1.59. The number of nitrogens with one attached hydrogen (secondary N) is 2. The van der Waals surface area contributed by atoms with Crippen molar-refractivity contribution in [3.8, 4) is 0 Å². The molecule has 0 aliphatic heterocycles. The van der Waals surface area contributed by atoms with Gasteiger partial charge in [-0.3, -0.25) is 4.79 Å². The average Bonchev–Trinajstić information content (AvgIpc) is 3.26. The second kappa shape index (κ2) is 7.90. The fourth-order valence-electron chi connectivity index (χ4n) is 2.44. The zero-order valence-corrected chi connectivity index (χ0v) is 15.7. The summed E-state index contributed by atoms with van der Waals surface area (Å²) in [6.45, 7) is 4.72. The summed E-state index contributed by atoms with van der Waals surface area (Å²) in [7, 11) is 0. The molecule has 1 unspecified atom stereocenters. The Morgan fingerprint density at radius 2 is 2.24 bits per heavy atom. The highest BCUT2D eigenvalue weighted by Crippen LogP contribution is 2.33. The molecule has 0 saturated carbocycles. The van der Waals surface area contributed by atoms with E-state index in [4.69, 9.17) is 0 Å². The number of anilines is 1. The summed E-state index contributed by atoms with van der Waals surface area (Å²) in [5, 5.41) is 18.7. The Morgan fingerprint density at radius 3 is 2.96 bits per heavy atom. The Kier molecular flexibility index (Phi) is 5.62. The number of aliphatic hydroxyl groups excluding tert-OH is 1. The average molecular weight is 377 g/mol. The van der Waals surface area contributed by atoms with Crippen LogP contribution in [0.15, 0.2) is 23.8 Å². The standard InChI is InChI=1S/C17H20N4O2S2/c1-3-11(22)7-19-16(23)14-10(2)13-15(20-9-21-17(13)25-14)18-8-12-5-4-6-24-12/h4-6,9,11,22H,3,7-8H2,1-2H3,(H,19,23)(H,18,20,21). The highest BCUT2D eigenvalue weighted by Gasteiger charge is 2.19. The first-order chi connectivity index (χ1) is 12.1. The molecule has 3 aromatic heterocycles. The van der Waals surface area contributed by atoms with Crippen LogP contribution in [0.3, 0.4) is 0 Å². The molecule has 3 rings (SSSR count). The van der Waals surface area contributed by atoms with Gasteiger partial charge in [0.25, 0.3) is 5.91 Å². The number of rotatable bonds is 7. The third kappa shape index (κ3) is 3.97. The summed E-state index contributed by atoms with van der Waals surface area (Å²) in [6, 6.07) is 4.08. The Balaban J connectivity index is 1.83. The molecule has 0 aliphatic carbocycles. The number of fused-ring (bicyclic) bond motifs is 1. The first-order valence-electron chi connectivity index (χ1n) is 8.06. The molecule has 0 spiro atoms. The minimum Gasteiger partial charge on any atom is -0.391 e. The van der Waals surface area contributed by atoms with Gasteiger partial charge in [0.05, 0.1) is 22.9 Å². The predicted octanol–water partition coefficient (Wildman–Crippen LogP) is 3.17. The molecular weight excluding hydrogens is 356 g/mol. The van der Waals surface area contributed by atoms with Crippen LogP contribution in [0.1, 0.15) is 33.5 Å². The molecule has 1 amide bonds. The lowest BCUT2D eigenvalue weighted by molar-refractivity contribution is 0.0917. The molecule has 8 heteroatoms. The third-order valence-corrected chi connectivity index (χ3v) is 5.99. The van der Waals surface area contributed by atoms with Crippen LogP contribution in [0.25, 0.3) is 10.2 Å². The third-order valence-electron chi connectivity index (χ3n) is 3.91. The number of amides is 1. The highest BCUT2D eigenvalue weighted by molar-refractivity contribution is 7.20. The largest absolute Gasteiger partial charge is 0.391 e. The number of carbonyl (C=O) groups excluding carboxylic acids is 1. The van der Waals surface area contributed by atoms with Crippen LogP contribution in [0.2, 0.25) is 0 Å². The molecule has 6 nitrogen and oxygen atoms in total. The lowest BCUT2D eigenvalue weighted by Crippen LogP contribution is -2.31. The van der Waals surface area contributed by atoms with Gasteiger partial charge in [-0.25, -0.2) is 9.97 Å². The molecule has 1 atom stereocenters. The number of aryl methyl sites for hydroxylation is 1. The normalized spacial score (nSPS) is 12.3. The van der Waals surface area contributed by atoms with Crippen LogP contribution >= 0.6 is 22.7 Å². The van der Waals surface area contributed by atoms with Crippen LogP contribution in [-0.4, -0.2) is 33.6 Å². The zero-order valence-electron chi connectivity index (χ0n) is 14.1. The molecule has 0 bridgehead atoms. The van der Waals surface area contributed by atoms with Crippen molar-refractivity contribution in [2.24, 2.45) is 0 Å². The summed E-state index contributed by atoms with van der Waals surface area (Å²) < 4.78 is 0. The van der Waals surface area contributed by atoms with Gasteiger partial charge in [0.2, 0.25) is 0 Å². The van der Waals surface area contributed by atoms with Crippen molar-refractivity contribution in [1.82, 2.24) is 15.3 Å². The summed E-state index contributed by atoms with van der Waals surface area (Å²) in [4.78, 5) is 23.7. The number of hydrogen-bond donors (Lipinski definition) is 3. The van der Waals surface area contributed by atoms with Gasteiger partial charge in [0, 0.05) is 11.4 Å². The second-order valence-electron chi connectivity index (χ2n) is 5.66. The van der Waals surface area contributed by atoms with Crippen molar-refractivity contribution >= 4 is 44.6 Å². The molecule has 132 valence electrons. The minimum atomic E-state index is -0.526. The summed E-state index contributed by atoms with van der Waals surface area (Å²) >= 11 is 3.03. The van der Waals surface area contributed by atoms with Gasteiger partial charge in [-0.1, -0.05) is 13.0 Å². The van der Waals surface area contributed by atoms with E-state index in [1.54, 1.807) is 11.3 Å². The molecule has 0 aromatic carbocycles. The number of aromatic nitrogens is 2. The first-order valence-corrected chi connectivity index (χ1v) is 9.76. The van der Waals surface area contributed by atoms with E-state index in [1.807, 2.05) is 25.3 Å². The van der Waals surface area contributed by atoms with E-state index in [9.17, 15) is 9.90 Å². The van der Waals surface area contributed by atoms with Crippen molar-refractivity contribution in [3.63, 3.8) is 0 Å². The first kappa shape index (κ1) is 17.8. The molecule has 0 aliphatic rings. The van der Waals surface area contributed by atoms with Crippen molar-refractivity contribution in [3.05, 3.63) is 39.2 Å². The van der Waals surface area contributed by atoms with Crippen LogP contribution in [0.4, 0.5) is 5.82 Å². The molecule has 25 heavy (non-hydrogen) atoms. The van der Waals surface area contributed by atoms with E-state index >= 15 is 0 Å². The van der Waals surface area contributed by atoms with Gasteiger partial charge < -0.3 is 15.7 Å². The van der Waals surface area contributed by atoms with Crippen LogP contribution in [-0.2, 0) is 6.54 Å². The minimum absolute atomic E-state index is 0.183. The molecular formula is C17H20N4O2S2. The lowest BCUT2D eigenvalue weighted by Gasteiger charge is -2.09. The van der Waals surface area contributed by atoms with Crippen LogP contribution in [0, 0.1) is 6.92 Å². The van der Waals surface area contributed by atoms with E-state index in [-0.39, 0.29) is 12.5 Å². The molecule has 3 heterocycles. The molecule has 0 fully saturated rings. The maximum Gasteiger partial charge on any atom is 0.261 e. The van der Waals surface area contributed by atoms with Crippen molar-refractivity contribution < 1.29 is 9.90 Å². The van der Waals surface area contributed by atoms with Gasteiger partial charge in [0.1, 0.15) is 17.0 Å². The van der Waals surface area contributed by atoms with Gasteiger partial charge in [-0.2, -0.15) is 0 Å². The quantitative estimate of drug-likeness (QED) is 0.589. The van der Waals surface area contributed by atoms with Gasteiger partial charge in [-0.05, 0) is 30.4 Å². The monoisotopic (exact) mass is 376 g/mol. The van der Waals surface area contributed by atoms with Gasteiger partial charge >= 0.3 is 0 Å². The SMILES string of the molecule is CCC(O)CNC(=O)c1sc2ncnc(NCc3cccs3)c2c1C. The fourth-order valence-corrected chi connectivity index (χ4v) is 4.15. The predicted molar refractivity (Wildman–Crippen MR) is 102 cm³/mol. The van der Waals surface area contributed by atoms with Crippen LogP contribution in [0.5, 0.6) is 0 Å². The Hall–Kier alpha value is -2.03. The Labute approximate surface area is 154 Å². The Bertz CT molecular complexity index is 861. The zero-order chi connectivity index (χ0) is 17.8. The number of carbonyl (C=O) groups is 1. The van der Waals surface area contributed by atoms with Crippen molar-refractivity contribution in [1.29, 1.82) is 0 Å². The van der Waals surface area contributed by atoms with Crippen molar-refractivity contribution in [2.75, 3.05) is 11.9 Å². The van der Waals surface area contributed by atoms with E-state index in [0.29, 0.717) is 17.8 Å². The highest BCUT2D eigenvalue weighted by atomic mass is 32.1. The lowest BCUT2D eigenvalue weighted by atomic mass is 10.2. The van der Waals surface area contributed by atoms with Gasteiger partial charge in [-0.15, -0.1) is 22.7 Å². The van der Waals surface area contributed by atoms with E-state index in [0.717, 1.165) is 21.6 Å². The number of aliphatic hydroxyl groups is 1. The van der Waals surface area contributed by atoms with E-state index in [2.05, 4.69) is 26.7 Å². The van der Waals surface area contributed by atoms with E-state index in [1.165, 1.54) is 22.5 Å². The number of thiophene rings is 2. The summed E-state index contributed by atoms with van der Waals surface area (Å²) in [5.74, 6) is 0.553. The summed E-state index contributed by atoms with van der Waals surface area (Å²) in [5.41, 5.74) is 0.859. The maximum absolute atomic E-state index is 12.4.